The van der Waals surface area contributed by atoms with Crippen LogP contribution in [0.25, 0.3) is 17.1 Å². The molecule has 3 aromatic heterocycles. The van der Waals surface area contributed by atoms with Crippen LogP contribution in [0, 0.1) is 27.7 Å². The molecule has 0 fully saturated rings. The van der Waals surface area contributed by atoms with Crippen molar-refractivity contribution in [2.75, 3.05) is 5.75 Å². The van der Waals surface area contributed by atoms with Crippen LogP contribution in [0.15, 0.2) is 56.7 Å². The van der Waals surface area contributed by atoms with Gasteiger partial charge >= 0.3 is 0 Å². The Morgan fingerprint density at radius 3 is 2.62 bits per heavy atom. The molecule has 0 unspecified atom stereocenters. The second-order valence-electron chi connectivity index (χ2n) is 6.88. The molecular formula is C22H21N3O3S. The van der Waals surface area contributed by atoms with Crippen LogP contribution in [0.5, 0.6) is 0 Å². The van der Waals surface area contributed by atoms with Gasteiger partial charge in [-0.1, -0.05) is 30.0 Å². The number of thioether (sulfide) groups is 1. The minimum Gasteiger partial charge on any atom is -0.469 e. The van der Waals surface area contributed by atoms with E-state index in [0.29, 0.717) is 22.4 Å². The summed E-state index contributed by atoms with van der Waals surface area (Å²) in [5.41, 5.74) is 5.69. The summed E-state index contributed by atoms with van der Waals surface area (Å²) < 4.78 is 13.1. The molecule has 29 heavy (non-hydrogen) atoms. The Bertz CT molecular complexity index is 1190. The zero-order valence-corrected chi connectivity index (χ0v) is 17.5. The zero-order chi connectivity index (χ0) is 20.5. The molecule has 6 nitrogen and oxygen atoms in total. The maximum atomic E-state index is 12.9. The van der Waals surface area contributed by atoms with Crippen LogP contribution in [-0.2, 0) is 0 Å². The maximum Gasteiger partial charge on any atom is 0.277 e. The van der Waals surface area contributed by atoms with Crippen LogP contribution >= 0.6 is 11.8 Å². The first-order valence-electron chi connectivity index (χ1n) is 9.24. The van der Waals surface area contributed by atoms with Crippen molar-refractivity contribution in [1.29, 1.82) is 0 Å². The van der Waals surface area contributed by atoms with E-state index >= 15 is 0 Å². The molecule has 3 heterocycles. The van der Waals surface area contributed by atoms with Gasteiger partial charge in [0.25, 0.3) is 11.1 Å². The fraction of sp³-hybridized carbons (Fsp3) is 0.227. The standard InChI is InChI=1S/C22H21N3O3S/c1-13-7-5-6-8-19(13)25-14(2)11-18(15(25)3)20(26)12-29-22-24-23-21(28-22)17-9-10-27-16(17)4/h5-11H,12H2,1-4H3. The van der Waals surface area contributed by atoms with Gasteiger partial charge in [-0.15, -0.1) is 10.2 Å². The van der Waals surface area contributed by atoms with E-state index < -0.39 is 0 Å². The van der Waals surface area contributed by atoms with Gasteiger partial charge in [0.05, 0.1) is 17.6 Å². The van der Waals surface area contributed by atoms with Gasteiger partial charge in [-0.05, 0) is 51.5 Å². The summed E-state index contributed by atoms with van der Waals surface area (Å²) in [5.74, 6) is 1.36. The number of Topliss-reactive ketones (excluding diaryl/α,β-unsaturated/α-hetero) is 1. The van der Waals surface area contributed by atoms with E-state index in [0.717, 1.165) is 28.2 Å². The van der Waals surface area contributed by atoms with Crippen molar-refractivity contribution in [1.82, 2.24) is 14.8 Å². The summed E-state index contributed by atoms with van der Waals surface area (Å²) in [7, 11) is 0. The maximum absolute atomic E-state index is 12.9. The molecule has 0 bridgehead atoms. The van der Waals surface area contributed by atoms with Gasteiger partial charge in [0, 0.05) is 22.6 Å². The highest BCUT2D eigenvalue weighted by molar-refractivity contribution is 7.99. The number of aryl methyl sites for hydroxylation is 3. The molecular weight excluding hydrogens is 386 g/mol. The summed E-state index contributed by atoms with van der Waals surface area (Å²) in [6.07, 6.45) is 1.58. The van der Waals surface area contributed by atoms with E-state index in [9.17, 15) is 4.79 Å². The first-order valence-corrected chi connectivity index (χ1v) is 10.2. The first-order chi connectivity index (χ1) is 14.0. The normalized spacial score (nSPS) is 11.2. The SMILES string of the molecule is Cc1ccccc1-n1c(C)cc(C(=O)CSc2nnc(-c3ccoc3C)o2)c1C. The highest BCUT2D eigenvalue weighted by Crippen LogP contribution is 2.28. The third kappa shape index (κ3) is 3.65. The third-order valence-electron chi connectivity index (χ3n) is 4.91. The summed E-state index contributed by atoms with van der Waals surface area (Å²) >= 11 is 1.24. The van der Waals surface area contributed by atoms with Crippen molar-refractivity contribution in [2.24, 2.45) is 0 Å². The molecule has 0 amide bonds. The van der Waals surface area contributed by atoms with E-state index in [1.54, 1.807) is 12.3 Å². The fourth-order valence-electron chi connectivity index (χ4n) is 3.42. The summed E-state index contributed by atoms with van der Waals surface area (Å²) in [6, 6.07) is 11.9. The Morgan fingerprint density at radius 1 is 1.10 bits per heavy atom. The topological polar surface area (TPSA) is 74.1 Å². The molecule has 4 aromatic rings. The Morgan fingerprint density at radius 2 is 1.90 bits per heavy atom. The predicted molar refractivity (Wildman–Crippen MR) is 112 cm³/mol. The molecule has 1 aromatic carbocycles. The average Bonchev–Trinajstić information content (AvgIpc) is 3.40. The van der Waals surface area contributed by atoms with Crippen molar-refractivity contribution in [2.45, 2.75) is 32.9 Å². The number of rotatable bonds is 6. The van der Waals surface area contributed by atoms with E-state index in [1.165, 1.54) is 11.8 Å². The number of hydrogen-bond acceptors (Lipinski definition) is 6. The lowest BCUT2D eigenvalue weighted by Crippen LogP contribution is -2.06. The van der Waals surface area contributed by atoms with Crippen LogP contribution in [0.4, 0.5) is 0 Å². The molecule has 148 valence electrons. The number of carbonyl (C=O) groups excluding carboxylic acids is 1. The minimum absolute atomic E-state index is 0.0298. The van der Waals surface area contributed by atoms with Crippen LogP contribution in [0.3, 0.4) is 0 Å². The van der Waals surface area contributed by atoms with Gasteiger partial charge < -0.3 is 13.4 Å². The van der Waals surface area contributed by atoms with Crippen LogP contribution in [-0.4, -0.2) is 26.3 Å². The molecule has 0 aliphatic heterocycles. The highest BCUT2D eigenvalue weighted by Gasteiger charge is 2.19. The van der Waals surface area contributed by atoms with Crippen LogP contribution in [0.2, 0.25) is 0 Å². The molecule has 7 heteroatoms. The number of benzene rings is 1. The molecule has 0 radical (unpaired) electrons. The summed E-state index contributed by atoms with van der Waals surface area (Å²) in [6.45, 7) is 7.89. The van der Waals surface area contributed by atoms with Gasteiger partial charge in [0.2, 0.25) is 0 Å². The van der Waals surface area contributed by atoms with Crippen molar-refractivity contribution < 1.29 is 13.6 Å². The van der Waals surface area contributed by atoms with Crippen LogP contribution < -0.4 is 0 Å². The number of carbonyl (C=O) groups is 1. The summed E-state index contributed by atoms with van der Waals surface area (Å²) in [5, 5.41) is 8.44. The number of nitrogens with zero attached hydrogens (tertiary/aromatic N) is 3. The number of ketones is 1. The second kappa shape index (κ2) is 7.75. The zero-order valence-electron chi connectivity index (χ0n) is 16.7. The van der Waals surface area contributed by atoms with E-state index in [4.69, 9.17) is 8.83 Å². The van der Waals surface area contributed by atoms with Crippen LogP contribution in [0.1, 0.15) is 33.1 Å². The first kappa shape index (κ1) is 19.3. The molecule has 0 aliphatic rings. The van der Waals surface area contributed by atoms with Crippen molar-refractivity contribution in [3.05, 3.63) is 70.9 Å². The molecule has 0 aliphatic carbocycles. The van der Waals surface area contributed by atoms with E-state index in [1.807, 2.05) is 39.0 Å². The van der Waals surface area contributed by atoms with Gasteiger partial charge in [-0.25, -0.2) is 0 Å². The van der Waals surface area contributed by atoms with Gasteiger partial charge in [0.15, 0.2) is 5.78 Å². The quantitative estimate of drug-likeness (QED) is 0.318. The number of furan rings is 1. The molecule has 0 atom stereocenters. The molecule has 0 saturated heterocycles. The number of aromatic nitrogens is 3. The Hall–Kier alpha value is -3.06. The van der Waals surface area contributed by atoms with Crippen molar-refractivity contribution >= 4 is 17.5 Å². The Labute approximate surface area is 172 Å². The van der Waals surface area contributed by atoms with E-state index in [2.05, 4.69) is 33.8 Å². The lowest BCUT2D eigenvalue weighted by atomic mass is 10.1. The van der Waals surface area contributed by atoms with Crippen molar-refractivity contribution in [3.63, 3.8) is 0 Å². The Balaban J connectivity index is 1.52. The van der Waals surface area contributed by atoms with Crippen molar-refractivity contribution in [3.8, 4) is 17.1 Å². The lowest BCUT2D eigenvalue weighted by Gasteiger charge is -2.12. The molecule has 0 N–H and O–H groups in total. The molecule has 4 rings (SSSR count). The largest absolute Gasteiger partial charge is 0.469 e. The smallest absolute Gasteiger partial charge is 0.277 e. The minimum atomic E-state index is 0.0298. The average molecular weight is 407 g/mol. The summed E-state index contributed by atoms with van der Waals surface area (Å²) in [4.78, 5) is 12.9. The van der Waals surface area contributed by atoms with Gasteiger partial charge in [-0.3, -0.25) is 4.79 Å². The predicted octanol–water partition coefficient (Wildman–Crippen LogP) is 5.33. The number of hydrogen-bond donors (Lipinski definition) is 0. The van der Waals surface area contributed by atoms with Gasteiger partial charge in [-0.2, -0.15) is 0 Å². The monoisotopic (exact) mass is 407 g/mol. The Kier molecular flexibility index (Phi) is 5.15. The fourth-order valence-corrected chi connectivity index (χ4v) is 4.07. The van der Waals surface area contributed by atoms with E-state index in [-0.39, 0.29) is 11.5 Å². The second-order valence-corrected chi connectivity index (χ2v) is 7.81. The lowest BCUT2D eigenvalue weighted by molar-refractivity contribution is 0.102. The molecule has 0 saturated carbocycles. The van der Waals surface area contributed by atoms with Gasteiger partial charge in [0.1, 0.15) is 5.76 Å². The highest BCUT2D eigenvalue weighted by atomic mass is 32.2. The molecule has 0 spiro atoms. The number of para-hydroxylation sites is 1. The third-order valence-corrected chi connectivity index (χ3v) is 5.73.